The first-order valence-corrected chi connectivity index (χ1v) is 42.4. The zero-order valence-electron chi connectivity index (χ0n) is 70.8. The Bertz CT molecular complexity index is 3550. The molecule has 8 N–H and O–H groups in total. The fourth-order valence-electron chi connectivity index (χ4n) is 16.6. The number of carboxylic acid groups (broad SMARTS) is 1. The summed E-state index contributed by atoms with van der Waals surface area (Å²) in [4.78, 5) is 121. The summed E-state index contributed by atoms with van der Waals surface area (Å²) in [6.07, 6.45) is 44.7. The molecular weight excluding hydrogens is 1470 g/mol. The molecule has 25 heteroatoms. The van der Waals surface area contributed by atoms with Crippen molar-refractivity contribution in [2.75, 3.05) is 26.3 Å². The van der Waals surface area contributed by atoms with Gasteiger partial charge in [-0.15, -0.1) is 12.8 Å². The van der Waals surface area contributed by atoms with E-state index in [1.54, 1.807) is 12.2 Å². The number of allylic oxidation sites excluding steroid dienone is 6. The summed E-state index contributed by atoms with van der Waals surface area (Å²) in [5.74, 6) is 0.268. The van der Waals surface area contributed by atoms with Gasteiger partial charge in [-0.25, -0.2) is 0 Å². The Morgan fingerprint density at radius 2 is 0.948 bits per heavy atom. The van der Waals surface area contributed by atoms with Crippen LogP contribution >= 0.6 is 0 Å². The molecule has 7 amide bonds. The molecule has 8 fully saturated rings. The Morgan fingerprint density at radius 1 is 0.565 bits per heavy atom. The van der Waals surface area contributed by atoms with Crippen LogP contribution in [-0.4, -0.2) is 207 Å². The molecule has 16 atom stereocenters. The first-order chi connectivity index (χ1) is 55.2. The quantitative estimate of drug-likeness (QED) is 0.00774. The van der Waals surface area contributed by atoms with Crippen LogP contribution in [0.25, 0.3) is 0 Å². The fraction of sp³-hybridized carbons (Fsp3) is 0.689. The zero-order chi connectivity index (χ0) is 84.8. The molecule has 115 heavy (non-hydrogen) atoms. The van der Waals surface area contributed by atoms with E-state index in [9.17, 15) is 58.2 Å². The molecule has 2 aliphatic carbocycles. The molecule has 638 valence electrons. The molecule has 0 aromatic carbocycles. The van der Waals surface area contributed by atoms with Gasteiger partial charge in [0.2, 0.25) is 17.7 Å². The van der Waals surface area contributed by atoms with Gasteiger partial charge in [0.15, 0.2) is 0 Å². The second-order valence-electron chi connectivity index (χ2n) is 34.5. The van der Waals surface area contributed by atoms with Gasteiger partial charge in [-0.05, 0) is 178 Å². The molecule has 0 radical (unpaired) electrons. The highest BCUT2D eigenvalue weighted by Gasteiger charge is 2.60. The summed E-state index contributed by atoms with van der Waals surface area (Å²) in [5.41, 5.74) is 6.85. The van der Waals surface area contributed by atoms with Crippen molar-refractivity contribution in [2.24, 2.45) is 41.2 Å². The zero-order valence-corrected chi connectivity index (χ0v) is 69.8. The van der Waals surface area contributed by atoms with Crippen molar-refractivity contribution in [1.29, 1.82) is 0 Å². The number of amides is 7. The van der Waals surface area contributed by atoms with Crippen molar-refractivity contribution in [2.45, 2.75) is 333 Å². The van der Waals surface area contributed by atoms with Crippen molar-refractivity contribution in [3.05, 3.63) is 96.2 Å². The monoisotopic (exact) mass is 1600 g/mol. The molecule has 10 rings (SSSR count). The van der Waals surface area contributed by atoms with Gasteiger partial charge in [-0.1, -0.05) is 114 Å². The van der Waals surface area contributed by atoms with Gasteiger partial charge >= 0.3 is 5.97 Å². The predicted molar refractivity (Wildman–Crippen MR) is 437 cm³/mol. The summed E-state index contributed by atoms with van der Waals surface area (Å²) >= 11 is 0. The van der Waals surface area contributed by atoms with Crippen LogP contribution in [0.5, 0.6) is 0 Å². The van der Waals surface area contributed by atoms with Gasteiger partial charge < -0.3 is 65.4 Å². The van der Waals surface area contributed by atoms with Crippen LogP contribution in [-0.2, 0) is 76.4 Å². The maximum absolute atomic E-state index is 13.3. The van der Waals surface area contributed by atoms with Crippen LogP contribution in [0.15, 0.2) is 96.2 Å². The number of carbonyl (C=O) groups excluding carboxylic acids is 9. The van der Waals surface area contributed by atoms with Crippen molar-refractivity contribution in [3.8, 4) is 12.8 Å². The number of imide groups is 2. The number of hydrogen-bond acceptors (Lipinski definition) is 19. The molecular formula is C90H134N6O19. The van der Waals surface area contributed by atoms with Crippen LogP contribution in [0, 0.1) is 48.3 Å². The average Bonchev–Trinajstić information content (AvgIpc) is 1.60. The minimum atomic E-state index is -0.815. The molecule has 2 spiro atoms. The molecule has 0 unspecified atom stereocenters. The third kappa shape index (κ3) is 31.5. The number of terminal acetylenes is 1. The number of ketones is 2. The standard InChI is InChI=1S/C44H65N3O9.C34H54N2O6.C10H13NO4.C2H2/c1-28(2)10-19-40(50)46-36-23-30(4)37(55-31(36)5)17-11-29(3)12-18-38-43(53)44(27-54-44)26-35(56-38)25-34(48)24-32-13-15-33(16-14-32)45-39(49)9-7-6-8-22-47-41(51)20-21-42(47)52;1-21(2)6-15-32(38)36-29-16-23(4)30(41-24(29)5)13-7-22(3)8-14-31-33(39)34(20-40-34)19-28(42-31)18-27(37)17-25-9-11-26(35)12-10-25;12-8-5-6-9(13)11(8)7-3-1-2-4-10(14)15;1-2/h10-12,18-21,28,30-33,35-38,43,53H,6-9,13-17,22-27H2,1-5H3,(H,45,49)(H,46,50);6-8,14-15,21,23-26,28-31,33,39H,9-13,16-20,35H2,1-5H3,(H,36,38);5-6H,1-4,7H2,(H,14,15);1-2H/b18-12+,19-10-,29-11+;14-8+,15-6-,22-7+;;/t30-,31+,32?,33?,35+,36+,37-,38+,43+,44+;23-,24+,25?,26?,28+,29+,30-,31+,33+,34+;;/m00../s1/i;;;1D. The van der Waals surface area contributed by atoms with E-state index >= 15 is 0 Å². The normalized spacial score (nSPS) is 32.8. The predicted octanol–water partition coefficient (Wildman–Crippen LogP) is 10.5. The van der Waals surface area contributed by atoms with E-state index in [4.69, 9.17) is 40.6 Å². The van der Waals surface area contributed by atoms with E-state index < -0.39 is 41.6 Å². The second kappa shape index (κ2) is 46.7. The number of rotatable bonds is 35. The Labute approximate surface area is 683 Å². The summed E-state index contributed by atoms with van der Waals surface area (Å²) in [7, 11) is 0. The van der Waals surface area contributed by atoms with E-state index in [0.29, 0.717) is 121 Å². The molecule has 0 bridgehead atoms. The number of unbranched alkanes of at least 4 members (excludes halogenated alkanes) is 4. The van der Waals surface area contributed by atoms with Gasteiger partial charge in [-0.3, -0.25) is 57.7 Å². The lowest BCUT2D eigenvalue weighted by Gasteiger charge is -2.39. The third-order valence-corrected chi connectivity index (χ3v) is 23.8. The highest BCUT2D eigenvalue weighted by atomic mass is 16.6. The Morgan fingerprint density at radius 3 is 1.32 bits per heavy atom. The first-order valence-electron chi connectivity index (χ1n) is 42.9. The van der Waals surface area contributed by atoms with Crippen LogP contribution in [0.2, 0.25) is 0 Å². The van der Waals surface area contributed by atoms with Crippen molar-refractivity contribution in [3.63, 3.8) is 0 Å². The van der Waals surface area contributed by atoms with Crippen LogP contribution in [0.1, 0.15) is 238 Å². The smallest absolute Gasteiger partial charge is 0.303 e. The van der Waals surface area contributed by atoms with Crippen molar-refractivity contribution in [1.82, 2.24) is 25.8 Å². The first kappa shape index (κ1) is 93.1. The molecule has 10 aliphatic rings. The molecule has 25 nitrogen and oxygen atoms in total. The van der Waals surface area contributed by atoms with Gasteiger partial charge in [0.05, 0.1) is 61.9 Å². The van der Waals surface area contributed by atoms with Gasteiger partial charge in [0.25, 0.3) is 23.6 Å². The van der Waals surface area contributed by atoms with E-state index in [2.05, 4.69) is 48.4 Å². The maximum Gasteiger partial charge on any atom is 0.303 e. The Kier molecular flexibility index (Phi) is 37.8. The minimum absolute atomic E-state index is 0.00627. The summed E-state index contributed by atoms with van der Waals surface area (Å²) in [6.45, 7) is 22.3. The lowest BCUT2D eigenvalue weighted by Crippen LogP contribution is -2.50. The second-order valence-corrected chi connectivity index (χ2v) is 34.5. The SMILES string of the molecule is CC(/C=C/[C@H]1O[C@H](CC(=O)CC2CCC(N)CC2)C[C@@]2(CO2)[C@@H]1O)=C\C[C@@H]1O[C@H](C)[C@H](NC(=O)/C=C\C(C)C)C[C@@H]1C.CC(/C=C/[C@H]1O[C@H](CC(=O)CC2CCC(NC(=O)CCCCCN3C(=O)C=CC3=O)CC2)C[C@@]2(CO2)[C@@H]1O)=C\C[C@@H]1O[C@H](C)[C@H](NC(=O)/C=C\C(C)C)C[C@@H]1C.O=C(O)CCCCCN1C(=O)C=CC1=O.[2H]C#C. The fourth-order valence-corrected chi connectivity index (χ4v) is 16.6. The Balaban J connectivity index is 0.000000271. The molecule has 8 aliphatic heterocycles. The molecule has 6 saturated heterocycles. The van der Waals surface area contributed by atoms with Crippen molar-refractivity contribution >= 4 is 58.9 Å². The highest BCUT2D eigenvalue weighted by Crippen LogP contribution is 2.46. The average molecular weight is 1610 g/mol. The molecule has 0 aromatic heterocycles. The Hall–Kier alpha value is -7.38. The number of aliphatic hydroxyl groups excluding tert-OH is 2. The molecule has 0 aromatic rings. The topological polar surface area (TPSA) is 362 Å². The number of epoxide rings is 2. The van der Waals surface area contributed by atoms with Crippen molar-refractivity contribution < 1.29 is 93.1 Å². The lowest BCUT2D eigenvalue weighted by atomic mass is 9.81. The van der Waals surface area contributed by atoms with Gasteiger partial charge in [0, 0.05) is 101 Å². The third-order valence-electron chi connectivity index (χ3n) is 23.8. The number of hydrogen-bond donors (Lipinski definition) is 7. The summed E-state index contributed by atoms with van der Waals surface area (Å²) < 4.78 is 42.4. The maximum atomic E-state index is 13.3. The number of carbonyl (C=O) groups is 10. The van der Waals surface area contributed by atoms with E-state index in [-0.39, 0.29) is 138 Å². The number of aliphatic carboxylic acids is 1. The summed E-state index contributed by atoms with van der Waals surface area (Å²) in [6, 6.07) is 0.357. The largest absolute Gasteiger partial charge is 0.481 e. The highest BCUT2D eigenvalue weighted by molar-refractivity contribution is 6.13. The van der Waals surface area contributed by atoms with Crippen LogP contribution in [0.4, 0.5) is 0 Å². The molecule has 8 heterocycles. The minimum Gasteiger partial charge on any atom is -0.481 e. The number of nitrogens with one attached hydrogen (secondary N) is 3. The number of carboxylic acids is 1. The number of Topliss-reactive ketones (excluding diaryl/α,β-unsaturated/α-hetero) is 2. The van der Waals surface area contributed by atoms with E-state index in [1.807, 2.05) is 91.8 Å². The lowest BCUT2D eigenvalue weighted by molar-refractivity contribution is -0.145. The van der Waals surface area contributed by atoms with Crippen LogP contribution < -0.4 is 21.7 Å². The summed E-state index contributed by atoms with van der Waals surface area (Å²) in [5, 5.41) is 39.8. The number of nitrogens with two attached hydrogens (primary N) is 1. The number of ether oxygens (including phenoxy) is 6. The van der Waals surface area contributed by atoms with E-state index in [1.165, 1.54) is 40.5 Å². The number of nitrogens with zero attached hydrogens (tertiary/aromatic N) is 2. The van der Waals surface area contributed by atoms with Crippen LogP contribution in [0.3, 0.4) is 0 Å². The molecule has 2 saturated carbocycles. The van der Waals surface area contributed by atoms with E-state index in [0.717, 1.165) is 94.6 Å². The van der Waals surface area contributed by atoms with Gasteiger partial charge in [0.1, 0.15) is 48.6 Å². The number of aliphatic hydroxyl groups is 2. The van der Waals surface area contributed by atoms with Gasteiger partial charge in [-0.2, -0.15) is 0 Å².